The molecule has 3 fully saturated rings. The van der Waals surface area contributed by atoms with Gasteiger partial charge in [-0.15, -0.1) is 0 Å². The molecule has 18 heteroatoms. The zero-order valence-electron chi connectivity index (χ0n) is 46.9. The van der Waals surface area contributed by atoms with Crippen molar-refractivity contribution in [1.82, 2.24) is 5.32 Å². The van der Waals surface area contributed by atoms with Crippen molar-refractivity contribution in [2.24, 2.45) is 22.7 Å². The van der Waals surface area contributed by atoms with E-state index in [9.17, 15) is 29.4 Å². The number of amides is 1. The highest BCUT2D eigenvalue weighted by Crippen LogP contribution is 2.66. The van der Waals surface area contributed by atoms with Crippen LogP contribution in [0.15, 0.2) is 41.5 Å². The minimum absolute atomic E-state index is 0.0289. The summed E-state index contributed by atoms with van der Waals surface area (Å²) in [4.78, 5) is 71.1. The molecule has 0 spiro atoms. The summed E-state index contributed by atoms with van der Waals surface area (Å²) in [5.74, 6) is -4.35. The van der Waals surface area contributed by atoms with E-state index in [0.29, 0.717) is 30.1 Å². The highest BCUT2D eigenvalue weighted by molar-refractivity contribution is 6.74. The molecule has 1 aromatic carbocycles. The van der Waals surface area contributed by atoms with Crippen LogP contribution in [0, 0.1) is 22.7 Å². The molecule has 1 aromatic rings. The van der Waals surface area contributed by atoms with E-state index in [1.165, 1.54) is 13.8 Å². The molecule has 1 aliphatic heterocycles. The second-order valence-electron chi connectivity index (χ2n) is 23.4. The molecule has 2 bridgehead atoms. The number of fused-ring (bicyclic) bond motifs is 5. The Bertz CT molecular complexity index is 2150. The van der Waals surface area contributed by atoms with Gasteiger partial charge in [0.25, 0.3) is 0 Å². The molecule has 1 amide bonds. The minimum Gasteiger partial charge on any atom is -0.456 e. The highest BCUT2D eigenvalue weighted by atomic mass is 28.4. The van der Waals surface area contributed by atoms with Crippen molar-refractivity contribution in [1.29, 1.82) is 0 Å². The van der Waals surface area contributed by atoms with Crippen LogP contribution in [-0.4, -0.2) is 129 Å². The van der Waals surface area contributed by atoms with E-state index in [4.69, 9.17) is 37.3 Å². The summed E-state index contributed by atoms with van der Waals surface area (Å²) in [7, 11) is -5.26. The lowest BCUT2D eigenvalue weighted by Crippen LogP contribution is -2.83. The maximum Gasteiger partial charge on any atom is 0.407 e. The zero-order chi connectivity index (χ0) is 54.9. The van der Waals surface area contributed by atoms with Crippen LogP contribution in [0.25, 0.3) is 0 Å². The van der Waals surface area contributed by atoms with Gasteiger partial charge in [-0.25, -0.2) is 14.4 Å². The average Bonchev–Trinajstić information content (AvgIpc) is 3.30. The van der Waals surface area contributed by atoms with Crippen molar-refractivity contribution in [3.63, 3.8) is 0 Å². The maximum absolute atomic E-state index is 15.5. The van der Waals surface area contributed by atoms with Crippen molar-refractivity contribution in [3.05, 3.63) is 47.0 Å². The minimum atomic E-state index is -2.67. The number of hydrogen-bond donors (Lipinski definition) is 3. The Morgan fingerprint density at radius 2 is 1.42 bits per heavy atom. The van der Waals surface area contributed by atoms with Crippen LogP contribution >= 0.6 is 0 Å². The van der Waals surface area contributed by atoms with E-state index in [1.807, 2.05) is 34.6 Å². The van der Waals surface area contributed by atoms with Gasteiger partial charge < -0.3 is 52.8 Å². The third-order valence-corrected chi connectivity index (χ3v) is 26.6. The molecule has 73 heavy (non-hydrogen) atoms. The van der Waals surface area contributed by atoms with Gasteiger partial charge >= 0.3 is 30.0 Å². The van der Waals surface area contributed by atoms with Gasteiger partial charge in [-0.3, -0.25) is 9.59 Å². The van der Waals surface area contributed by atoms with E-state index in [1.54, 1.807) is 78.8 Å². The lowest BCUT2D eigenvalue weighted by molar-refractivity contribution is -0.363. The van der Waals surface area contributed by atoms with Crippen LogP contribution in [-0.2, 0) is 51.7 Å². The molecular formula is C55H89NO15Si2. The first-order chi connectivity index (χ1) is 33.9. The van der Waals surface area contributed by atoms with Gasteiger partial charge in [-0.05, 0) is 99.6 Å². The lowest BCUT2D eigenvalue weighted by atomic mass is 9.44. The fraction of sp³-hybridized carbons (Fsp3) is 0.764. The van der Waals surface area contributed by atoms with Crippen LogP contribution in [0.3, 0.4) is 0 Å². The molecule has 0 radical (unpaired) electrons. The third-order valence-electron chi connectivity index (χ3n) is 17.3. The summed E-state index contributed by atoms with van der Waals surface area (Å²) in [6, 6.07) is 11.6. The number of carbonyl (C=O) groups is 5. The number of aliphatic hydroxyl groups is 2. The molecule has 412 valence electrons. The highest BCUT2D eigenvalue weighted by Gasteiger charge is 2.78. The first-order valence-electron chi connectivity index (χ1n) is 26.9. The zero-order valence-corrected chi connectivity index (χ0v) is 48.9. The predicted molar refractivity (Wildman–Crippen MR) is 280 cm³/mol. The molecule has 16 nitrogen and oxygen atoms in total. The number of hydrogen-bond acceptors (Lipinski definition) is 15. The molecule has 1 heterocycles. The molecule has 3 aliphatic carbocycles. The Hall–Kier alpha value is -3.66. The number of rotatable bonds is 20. The Morgan fingerprint density at radius 1 is 0.849 bits per heavy atom. The number of nitrogens with one attached hydrogen (secondary N) is 1. The van der Waals surface area contributed by atoms with Crippen LogP contribution in [0.5, 0.6) is 0 Å². The number of carbonyl (C=O) groups excluding carboxylic acids is 5. The van der Waals surface area contributed by atoms with Gasteiger partial charge in [-0.2, -0.15) is 0 Å². The Kier molecular flexibility index (Phi) is 18.9. The maximum atomic E-state index is 15.5. The summed E-state index contributed by atoms with van der Waals surface area (Å²) in [6.07, 6.45) is -9.83. The van der Waals surface area contributed by atoms with Gasteiger partial charge in [-0.1, -0.05) is 94.4 Å². The van der Waals surface area contributed by atoms with E-state index >= 15 is 4.79 Å². The number of aliphatic hydroxyl groups excluding tert-OH is 1. The molecule has 3 N–H and O–H groups in total. The summed E-state index contributed by atoms with van der Waals surface area (Å²) in [5, 5.41) is 31.0. The quantitative estimate of drug-likeness (QED) is 0.0481. The fourth-order valence-electron chi connectivity index (χ4n) is 12.7. The fourth-order valence-corrected chi connectivity index (χ4v) is 18.5. The number of alkyl carbamates (subject to hydrolysis) is 1. The predicted octanol–water partition coefficient (Wildman–Crippen LogP) is 9.35. The van der Waals surface area contributed by atoms with Crippen LogP contribution in [0.2, 0.25) is 36.3 Å². The standard InChI is InChI=1S/C55H89NO15Si2/c1-18-72(19-2,20-3)70-40-30-41-54(32-64-41,68-36(11)58)45-47(67-48(60)37-27-25-24-26-28-37)55(63)31-39(34(9)42(52(55,15)16)44(65-35(10)57)46(59)53(40,45)17)66-49(61)43(71-73(21-4,22-5)23-6)38(29-33(7)8)56-50(62)69-51(12,13)14/h24-28,33,38-41,43-47,59,63H,18-23,29-32H2,1-17H3,(H,56,62)/t38-,39-,40?,41+,43?,44-,45-,46-,47-,53+,54-,55+/m0/s1. The molecule has 2 saturated carbocycles. The SMILES string of the molecule is CC[Si](CC)(CC)OC(C(=O)O[C@H]1C[C@@]2(O)[C@@H](OC(=O)c3ccccc3)[C@@H]3[C@]4(OC(C)=O)CO[C@@H]4CC(O[Si](CC)(CC)CC)[C@@]3(C)[C@@H](O)[C@@H](OC(C)=O)C(=C1C)C2(C)C)[C@H](CC(C)C)NC(=O)OC(C)(C)C. The summed E-state index contributed by atoms with van der Waals surface area (Å²) < 4.78 is 52.8. The van der Waals surface area contributed by atoms with Crippen molar-refractivity contribution in [3.8, 4) is 0 Å². The van der Waals surface area contributed by atoms with Gasteiger partial charge in [0.15, 0.2) is 34.4 Å². The Morgan fingerprint density at radius 3 is 1.90 bits per heavy atom. The summed E-state index contributed by atoms with van der Waals surface area (Å²) >= 11 is 0. The molecular weight excluding hydrogens is 971 g/mol. The first-order valence-corrected chi connectivity index (χ1v) is 31.9. The van der Waals surface area contributed by atoms with E-state index in [2.05, 4.69) is 26.1 Å². The average molecular weight is 1060 g/mol. The third kappa shape index (κ3) is 11.7. The van der Waals surface area contributed by atoms with Gasteiger partial charge in [0.1, 0.15) is 35.6 Å². The first kappa shape index (κ1) is 60.2. The molecule has 2 unspecified atom stereocenters. The van der Waals surface area contributed by atoms with Crippen molar-refractivity contribution in [2.45, 2.75) is 239 Å². The molecule has 5 rings (SSSR count). The van der Waals surface area contributed by atoms with Gasteiger partial charge in [0.05, 0.1) is 30.2 Å². The lowest BCUT2D eigenvalue weighted by Gasteiger charge is -2.70. The summed E-state index contributed by atoms with van der Waals surface area (Å²) in [5.41, 5.74) is -7.08. The van der Waals surface area contributed by atoms with Crippen molar-refractivity contribution in [2.75, 3.05) is 6.61 Å². The molecule has 4 aliphatic rings. The van der Waals surface area contributed by atoms with Crippen LogP contribution in [0.1, 0.15) is 147 Å². The van der Waals surface area contributed by atoms with Gasteiger partial charge in [0.2, 0.25) is 0 Å². The molecule has 0 aromatic heterocycles. The largest absolute Gasteiger partial charge is 0.456 e. The summed E-state index contributed by atoms with van der Waals surface area (Å²) in [6.45, 7) is 30.8. The van der Waals surface area contributed by atoms with Crippen molar-refractivity contribution < 1.29 is 71.5 Å². The number of benzene rings is 1. The van der Waals surface area contributed by atoms with Crippen LogP contribution < -0.4 is 5.32 Å². The topological polar surface area (TPSA) is 212 Å². The number of ether oxygens (including phenoxy) is 6. The van der Waals surface area contributed by atoms with E-state index < -0.39 is 129 Å². The molecule has 1 saturated heterocycles. The van der Waals surface area contributed by atoms with E-state index in [0.717, 1.165) is 18.1 Å². The monoisotopic (exact) mass is 1060 g/mol. The Labute approximate surface area is 436 Å². The Balaban J connectivity index is 1.86. The van der Waals surface area contributed by atoms with E-state index in [-0.39, 0.29) is 36.5 Å². The number of esters is 4. The molecule has 12 atom stereocenters. The smallest absolute Gasteiger partial charge is 0.407 e. The second-order valence-corrected chi connectivity index (χ2v) is 32.8. The second kappa shape index (κ2) is 22.9. The van der Waals surface area contributed by atoms with Crippen LogP contribution in [0.4, 0.5) is 4.79 Å². The normalized spacial score (nSPS) is 30.8. The van der Waals surface area contributed by atoms with Gasteiger partial charge in [0, 0.05) is 37.5 Å². The van der Waals surface area contributed by atoms with Crippen molar-refractivity contribution >= 4 is 46.6 Å².